The minimum atomic E-state index is -0.902. The Bertz CT molecular complexity index is 1180. The molecule has 2 amide bonds. The van der Waals surface area contributed by atoms with Crippen LogP contribution >= 0.6 is 11.6 Å². The van der Waals surface area contributed by atoms with Gasteiger partial charge in [0, 0.05) is 16.3 Å². The van der Waals surface area contributed by atoms with E-state index in [0.717, 1.165) is 11.1 Å². The fourth-order valence-electron chi connectivity index (χ4n) is 2.86. The van der Waals surface area contributed by atoms with Gasteiger partial charge >= 0.3 is 11.8 Å². The summed E-state index contributed by atoms with van der Waals surface area (Å²) < 4.78 is 11.3. The van der Waals surface area contributed by atoms with E-state index < -0.39 is 11.8 Å². The van der Waals surface area contributed by atoms with E-state index in [1.165, 1.54) is 0 Å². The van der Waals surface area contributed by atoms with Gasteiger partial charge in [-0.2, -0.15) is 5.10 Å². The van der Waals surface area contributed by atoms with Crippen LogP contribution in [0.4, 0.5) is 5.69 Å². The predicted octanol–water partition coefficient (Wildman–Crippen LogP) is 4.71. The highest BCUT2D eigenvalue weighted by molar-refractivity contribution is 6.40. The third kappa shape index (κ3) is 6.57. The van der Waals surface area contributed by atoms with Crippen molar-refractivity contribution in [3.8, 4) is 11.5 Å². The molecule has 0 aromatic heterocycles. The summed E-state index contributed by atoms with van der Waals surface area (Å²) in [5.41, 5.74) is 5.77. The van der Waals surface area contributed by atoms with E-state index in [9.17, 15) is 9.59 Å². The van der Waals surface area contributed by atoms with Crippen molar-refractivity contribution in [2.45, 2.75) is 20.5 Å². The maximum absolute atomic E-state index is 12.1. The molecule has 0 spiro atoms. The van der Waals surface area contributed by atoms with Crippen molar-refractivity contribution in [1.82, 2.24) is 5.43 Å². The highest BCUT2D eigenvalue weighted by Crippen LogP contribution is 2.29. The Hall–Kier alpha value is -3.84. The molecule has 0 fully saturated rings. The van der Waals surface area contributed by atoms with Gasteiger partial charge in [-0.05, 0) is 55.3 Å². The van der Waals surface area contributed by atoms with E-state index in [2.05, 4.69) is 15.8 Å². The second kappa shape index (κ2) is 11.2. The molecule has 33 heavy (non-hydrogen) atoms. The Morgan fingerprint density at radius 3 is 2.42 bits per heavy atom. The van der Waals surface area contributed by atoms with Gasteiger partial charge in [0.25, 0.3) is 0 Å². The lowest BCUT2D eigenvalue weighted by molar-refractivity contribution is -0.136. The summed E-state index contributed by atoms with van der Waals surface area (Å²) in [6, 6.07) is 20.1. The Morgan fingerprint density at radius 2 is 1.73 bits per heavy atom. The van der Waals surface area contributed by atoms with Gasteiger partial charge in [0.2, 0.25) is 0 Å². The summed E-state index contributed by atoms with van der Waals surface area (Å²) in [5, 5.41) is 7.00. The summed E-state index contributed by atoms with van der Waals surface area (Å²) in [4.78, 5) is 24.2. The number of methoxy groups -OCH3 is 1. The van der Waals surface area contributed by atoms with Gasteiger partial charge in [-0.25, -0.2) is 5.43 Å². The van der Waals surface area contributed by atoms with Crippen molar-refractivity contribution in [2.24, 2.45) is 5.10 Å². The third-order valence-electron chi connectivity index (χ3n) is 4.78. The average Bonchev–Trinajstić information content (AvgIpc) is 2.83. The summed E-state index contributed by atoms with van der Waals surface area (Å²) in [5.74, 6) is -0.647. The number of hydrogen-bond acceptors (Lipinski definition) is 5. The lowest BCUT2D eigenvalue weighted by Gasteiger charge is -2.12. The SMILES string of the molecule is COc1cc(/C(C)=N/NC(=O)C(=O)Nc2ccc(C)c(Cl)c2)ccc1OCc1ccccc1. The lowest BCUT2D eigenvalue weighted by Crippen LogP contribution is -2.32. The average molecular weight is 466 g/mol. The van der Waals surface area contributed by atoms with Crippen LogP contribution in [0, 0.1) is 6.92 Å². The second-order valence-electron chi connectivity index (χ2n) is 7.20. The van der Waals surface area contributed by atoms with E-state index in [-0.39, 0.29) is 0 Å². The van der Waals surface area contributed by atoms with Crippen LogP contribution in [-0.2, 0) is 16.2 Å². The molecule has 8 heteroatoms. The zero-order chi connectivity index (χ0) is 23.8. The molecule has 170 valence electrons. The quantitative estimate of drug-likeness (QED) is 0.300. The van der Waals surface area contributed by atoms with Crippen LogP contribution in [-0.4, -0.2) is 24.6 Å². The van der Waals surface area contributed by atoms with Gasteiger partial charge in [0.1, 0.15) is 6.61 Å². The first kappa shape index (κ1) is 23.8. The molecule has 0 heterocycles. The molecule has 3 aromatic carbocycles. The summed E-state index contributed by atoms with van der Waals surface area (Å²) in [6.45, 7) is 3.95. The third-order valence-corrected chi connectivity index (χ3v) is 5.19. The van der Waals surface area contributed by atoms with Gasteiger partial charge < -0.3 is 14.8 Å². The van der Waals surface area contributed by atoms with Gasteiger partial charge in [0.15, 0.2) is 11.5 Å². The number of benzene rings is 3. The zero-order valence-electron chi connectivity index (χ0n) is 18.5. The first-order chi connectivity index (χ1) is 15.9. The highest BCUT2D eigenvalue weighted by atomic mass is 35.5. The number of hydrogen-bond donors (Lipinski definition) is 2. The van der Waals surface area contributed by atoms with Crippen molar-refractivity contribution < 1.29 is 19.1 Å². The van der Waals surface area contributed by atoms with Crippen LogP contribution in [0.25, 0.3) is 0 Å². The summed E-state index contributed by atoms with van der Waals surface area (Å²) >= 11 is 6.04. The Morgan fingerprint density at radius 1 is 0.970 bits per heavy atom. The molecule has 0 saturated heterocycles. The molecule has 3 rings (SSSR count). The van der Waals surface area contributed by atoms with Crippen LogP contribution in [0.3, 0.4) is 0 Å². The number of amides is 2. The number of anilines is 1. The van der Waals surface area contributed by atoms with E-state index in [4.69, 9.17) is 21.1 Å². The molecule has 0 bridgehead atoms. The Labute approximate surface area is 197 Å². The molecule has 0 unspecified atom stereocenters. The number of rotatable bonds is 7. The van der Waals surface area contributed by atoms with E-state index in [1.807, 2.05) is 37.3 Å². The number of halogens is 1. The van der Waals surface area contributed by atoms with Gasteiger partial charge in [-0.3, -0.25) is 9.59 Å². The summed E-state index contributed by atoms with van der Waals surface area (Å²) in [7, 11) is 1.55. The van der Waals surface area contributed by atoms with E-state index >= 15 is 0 Å². The van der Waals surface area contributed by atoms with E-state index in [0.29, 0.717) is 40.1 Å². The Kier molecular flexibility index (Phi) is 8.05. The van der Waals surface area contributed by atoms with Crippen molar-refractivity contribution in [3.05, 3.63) is 88.4 Å². The number of carbonyl (C=O) groups excluding carboxylic acids is 2. The number of ether oxygens (including phenoxy) is 2. The maximum Gasteiger partial charge on any atom is 0.329 e. The first-order valence-electron chi connectivity index (χ1n) is 10.1. The lowest BCUT2D eigenvalue weighted by atomic mass is 10.1. The molecule has 3 aromatic rings. The van der Waals surface area contributed by atoms with Gasteiger partial charge in [0.05, 0.1) is 12.8 Å². The number of nitrogens with zero attached hydrogens (tertiary/aromatic N) is 1. The number of hydrazone groups is 1. The van der Waals surface area contributed by atoms with Gasteiger partial charge in [-0.15, -0.1) is 0 Å². The largest absolute Gasteiger partial charge is 0.493 e. The molecular formula is C25H24ClN3O4. The predicted molar refractivity (Wildman–Crippen MR) is 129 cm³/mol. The molecule has 0 radical (unpaired) electrons. The fourth-order valence-corrected chi connectivity index (χ4v) is 3.04. The van der Waals surface area contributed by atoms with Crippen molar-refractivity contribution >= 4 is 34.8 Å². The minimum absolute atomic E-state index is 0.404. The monoisotopic (exact) mass is 465 g/mol. The van der Waals surface area contributed by atoms with Gasteiger partial charge in [-0.1, -0.05) is 48.0 Å². The number of aryl methyl sites for hydroxylation is 1. The second-order valence-corrected chi connectivity index (χ2v) is 7.60. The number of carbonyl (C=O) groups is 2. The molecule has 2 N–H and O–H groups in total. The van der Waals surface area contributed by atoms with Crippen LogP contribution in [0.5, 0.6) is 11.5 Å². The molecule has 0 aliphatic carbocycles. The minimum Gasteiger partial charge on any atom is -0.493 e. The van der Waals surface area contributed by atoms with Crippen LogP contribution in [0.2, 0.25) is 5.02 Å². The standard InChI is InChI=1S/C25H24ClN3O4/c1-16-9-11-20(14-21(16)26)27-24(30)25(31)29-28-17(2)19-10-12-22(23(13-19)32-3)33-15-18-7-5-4-6-8-18/h4-14H,15H2,1-3H3,(H,27,30)(H,29,31)/b28-17+. The maximum atomic E-state index is 12.1. The van der Waals surface area contributed by atoms with Crippen molar-refractivity contribution in [1.29, 1.82) is 0 Å². The molecule has 7 nitrogen and oxygen atoms in total. The molecule has 0 aliphatic heterocycles. The smallest absolute Gasteiger partial charge is 0.329 e. The van der Waals surface area contributed by atoms with Crippen LogP contribution in [0.15, 0.2) is 71.8 Å². The van der Waals surface area contributed by atoms with Crippen LogP contribution in [0.1, 0.15) is 23.6 Å². The highest BCUT2D eigenvalue weighted by Gasteiger charge is 2.14. The fraction of sp³-hybridized carbons (Fsp3) is 0.160. The summed E-state index contributed by atoms with van der Waals surface area (Å²) in [6.07, 6.45) is 0. The molecule has 0 atom stereocenters. The molecule has 0 saturated carbocycles. The Balaban J connectivity index is 1.62. The normalized spacial score (nSPS) is 11.0. The van der Waals surface area contributed by atoms with Crippen LogP contribution < -0.4 is 20.2 Å². The topological polar surface area (TPSA) is 89.0 Å². The zero-order valence-corrected chi connectivity index (χ0v) is 19.3. The molecular weight excluding hydrogens is 442 g/mol. The van der Waals surface area contributed by atoms with Crippen molar-refractivity contribution in [3.63, 3.8) is 0 Å². The van der Waals surface area contributed by atoms with E-state index in [1.54, 1.807) is 50.4 Å². The number of nitrogens with one attached hydrogen (secondary N) is 2. The first-order valence-corrected chi connectivity index (χ1v) is 10.5. The van der Waals surface area contributed by atoms with Crippen molar-refractivity contribution in [2.75, 3.05) is 12.4 Å². The molecule has 0 aliphatic rings.